The molecular formula is C17H20FN3O2S. The van der Waals surface area contributed by atoms with Crippen LogP contribution in [0.4, 0.5) is 4.39 Å². The number of hydrogen-bond donors (Lipinski definition) is 0. The van der Waals surface area contributed by atoms with E-state index in [9.17, 15) is 9.18 Å². The second-order valence-electron chi connectivity index (χ2n) is 5.81. The molecule has 0 bridgehead atoms. The standard InChI is InChI=1S/C17H20FN3O2S/c1-2-14-5-3-4-10-21(14)15(22)11-24-17-20-19-16(23-17)12-6-8-13(18)9-7-12/h6-9,14H,2-5,10-11H2,1H3/t14-/m0/s1. The van der Waals surface area contributed by atoms with Crippen molar-refractivity contribution < 1.29 is 13.6 Å². The molecule has 128 valence electrons. The van der Waals surface area contributed by atoms with Gasteiger partial charge in [0.25, 0.3) is 5.22 Å². The molecular weight excluding hydrogens is 329 g/mol. The summed E-state index contributed by atoms with van der Waals surface area (Å²) in [7, 11) is 0. The summed E-state index contributed by atoms with van der Waals surface area (Å²) in [6.07, 6.45) is 4.34. The minimum absolute atomic E-state index is 0.119. The molecule has 1 fully saturated rings. The van der Waals surface area contributed by atoms with Crippen molar-refractivity contribution in [1.82, 2.24) is 15.1 Å². The van der Waals surface area contributed by atoms with Crippen molar-refractivity contribution in [3.8, 4) is 11.5 Å². The van der Waals surface area contributed by atoms with Gasteiger partial charge in [-0.25, -0.2) is 4.39 Å². The van der Waals surface area contributed by atoms with Crippen molar-refractivity contribution in [3.05, 3.63) is 30.1 Å². The molecule has 0 spiro atoms. The Balaban J connectivity index is 1.59. The lowest BCUT2D eigenvalue weighted by Crippen LogP contribution is -2.44. The van der Waals surface area contributed by atoms with Crippen LogP contribution < -0.4 is 0 Å². The maximum atomic E-state index is 12.9. The van der Waals surface area contributed by atoms with E-state index in [1.807, 2.05) is 4.90 Å². The van der Waals surface area contributed by atoms with Crippen LogP contribution in [-0.2, 0) is 4.79 Å². The fraction of sp³-hybridized carbons (Fsp3) is 0.471. The Morgan fingerprint density at radius 3 is 2.88 bits per heavy atom. The van der Waals surface area contributed by atoms with Crippen LogP contribution in [-0.4, -0.2) is 39.3 Å². The van der Waals surface area contributed by atoms with Gasteiger partial charge in [0.05, 0.1) is 5.75 Å². The van der Waals surface area contributed by atoms with E-state index in [4.69, 9.17) is 4.42 Å². The zero-order valence-corrected chi connectivity index (χ0v) is 14.4. The molecule has 1 atom stereocenters. The molecule has 1 aliphatic heterocycles. The predicted octanol–water partition coefficient (Wildman–Crippen LogP) is 3.76. The Bertz CT molecular complexity index is 689. The highest BCUT2D eigenvalue weighted by Gasteiger charge is 2.25. The van der Waals surface area contributed by atoms with Gasteiger partial charge >= 0.3 is 0 Å². The Kier molecular flexibility index (Phi) is 5.50. The van der Waals surface area contributed by atoms with Crippen molar-refractivity contribution in [2.24, 2.45) is 0 Å². The molecule has 5 nitrogen and oxygen atoms in total. The Morgan fingerprint density at radius 2 is 2.12 bits per heavy atom. The number of benzene rings is 1. The van der Waals surface area contributed by atoms with E-state index < -0.39 is 0 Å². The number of piperidine rings is 1. The highest BCUT2D eigenvalue weighted by atomic mass is 32.2. The van der Waals surface area contributed by atoms with E-state index in [0.29, 0.717) is 28.5 Å². The van der Waals surface area contributed by atoms with Crippen molar-refractivity contribution in [2.75, 3.05) is 12.3 Å². The van der Waals surface area contributed by atoms with Crippen LogP contribution in [0.3, 0.4) is 0 Å². The maximum Gasteiger partial charge on any atom is 0.277 e. The van der Waals surface area contributed by atoms with Crippen LogP contribution in [0, 0.1) is 5.82 Å². The van der Waals surface area contributed by atoms with Crippen LogP contribution in [0.2, 0.25) is 0 Å². The normalized spacial score (nSPS) is 17.9. The molecule has 1 aromatic heterocycles. The van der Waals surface area contributed by atoms with Crippen molar-refractivity contribution in [3.63, 3.8) is 0 Å². The number of halogens is 1. The zero-order valence-electron chi connectivity index (χ0n) is 13.6. The molecule has 2 heterocycles. The summed E-state index contributed by atoms with van der Waals surface area (Å²) in [6, 6.07) is 6.21. The number of carbonyl (C=O) groups excluding carboxylic acids is 1. The largest absolute Gasteiger partial charge is 0.411 e. The summed E-state index contributed by atoms with van der Waals surface area (Å²) >= 11 is 1.25. The van der Waals surface area contributed by atoms with E-state index in [0.717, 1.165) is 25.8 Å². The van der Waals surface area contributed by atoms with Crippen LogP contribution in [0.15, 0.2) is 33.9 Å². The van der Waals surface area contributed by atoms with Gasteiger partial charge in [0.15, 0.2) is 0 Å². The first kappa shape index (κ1) is 17.0. The number of thioether (sulfide) groups is 1. The highest BCUT2D eigenvalue weighted by molar-refractivity contribution is 7.99. The van der Waals surface area contributed by atoms with E-state index in [1.165, 1.54) is 30.3 Å². The molecule has 1 aliphatic rings. The van der Waals surface area contributed by atoms with Gasteiger partial charge < -0.3 is 9.32 Å². The lowest BCUT2D eigenvalue weighted by molar-refractivity contribution is -0.132. The minimum Gasteiger partial charge on any atom is -0.411 e. The molecule has 0 aliphatic carbocycles. The molecule has 0 N–H and O–H groups in total. The van der Waals surface area contributed by atoms with Gasteiger partial charge in [0.2, 0.25) is 11.8 Å². The first-order chi connectivity index (χ1) is 11.7. The molecule has 0 unspecified atom stereocenters. The molecule has 0 saturated carbocycles. The van der Waals surface area contributed by atoms with Gasteiger partial charge in [-0.2, -0.15) is 0 Å². The average molecular weight is 349 g/mol. The lowest BCUT2D eigenvalue weighted by Gasteiger charge is -2.35. The number of hydrogen-bond acceptors (Lipinski definition) is 5. The van der Waals surface area contributed by atoms with E-state index >= 15 is 0 Å². The number of amides is 1. The summed E-state index contributed by atoms with van der Waals surface area (Å²) in [5, 5.41) is 8.26. The number of nitrogens with zero attached hydrogens (tertiary/aromatic N) is 3. The molecule has 1 saturated heterocycles. The Labute approximate surface area is 144 Å². The van der Waals surface area contributed by atoms with Gasteiger partial charge in [-0.15, -0.1) is 10.2 Å². The summed E-state index contributed by atoms with van der Waals surface area (Å²) < 4.78 is 18.5. The van der Waals surface area contributed by atoms with Crippen LogP contribution >= 0.6 is 11.8 Å². The Hall–Kier alpha value is -1.89. The van der Waals surface area contributed by atoms with Crippen LogP contribution in [0.25, 0.3) is 11.5 Å². The molecule has 24 heavy (non-hydrogen) atoms. The number of likely N-dealkylation sites (tertiary alicyclic amines) is 1. The van der Waals surface area contributed by atoms with Gasteiger partial charge in [0.1, 0.15) is 5.82 Å². The first-order valence-electron chi connectivity index (χ1n) is 8.19. The average Bonchev–Trinajstić information content (AvgIpc) is 3.09. The summed E-state index contributed by atoms with van der Waals surface area (Å²) in [4.78, 5) is 14.4. The van der Waals surface area contributed by atoms with Gasteiger partial charge in [-0.3, -0.25) is 4.79 Å². The van der Waals surface area contributed by atoms with Crippen molar-refractivity contribution in [2.45, 2.75) is 43.9 Å². The van der Waals surface area contributed by atoms with Gasteiger partial charge in [-0.1, -0.05) is 18.7 Å². The topological polar surface area (TPSA) is 59.2 Å². The van der Waals surface area contributed by atoms with E-state index in [2.05, 4.69) is 17.1 Å². The molecule has 1 amide bonds. The van der Waals surface area contributed by atoms with E-state index in [1.54, 1.807) is 12.1 Å². The molecule has 7 heteroatoms. The highest BCUT2D eigenvalue weighted by Crippen LogP contribution is 2.25. The van der Waals surface area contributed by atoms with Crippen LogP contribution in [0.5, 0.6) is 0 Å². The molecule has 3 rings (SSSR count). The third kappa shape index (κ3) is 3.95. The summed E-state index contributed by atoms with van der Waals surface area (Å²) in [5.74, 6) is 0.426. The second kappa shape index (κ2) is 7.79. The predicted molar refractivity (Wildman–Crippen MR) is 90.1 cm³/mol. The third-order valence-electron chi connectivity index (χ3n) is 4.24. The summed E-state index contributed by atoms with van der Waals surface area (Å²) in [5.41, 5.74) is 0.657. The van der Waals surface area contributed by atoms with Crippen LogP contribution in [0.1, 0.15) is 32.6 Å². The maximum absolute atomic E-state index is 12.9. The number of carbonyl (C=O) groups is 1. The smallest absolute Gasteiger partial charge is 0.277 e. The van der Waals surface area contributed by atoms with Crippen molar-refractivity contribution >= 4 is 17.7 Å². The summed E-state index contributed by atoms with van der Waals surface area (Å²) in [6.45, 7) is 2.96. The second-order valence-corrected chi connectivity index (χ2v) is 6.74. The SMILES string of the molecule is CC[C@H]1CCCCN1C(=O)CSc1nnc(-c2ccc(F)cc2)o1. The Morgan fingerprint density at radius 1 is 1.33 bits per heavy atom. The number of rotatable bonds is 5. The third-order valence-corrected chi connectivity index (χ3v) is 5.04. The van der Waals surface area contributed by atoms with Gasteiger partial charge in [-0.05, 0) is 49.9 Å². The van der Waals surface area contributed by atoms with Gasteiger partial charge in [0, 0.05) is 18.2 Å². The quantitative estimate of drug-likeness (QED) is 0.769. The monoisotopic (exact) mass is 349 g/mol. The first-order valence-corrected chi connectivity index (χ1v) is 9.17. The zero-order chi connectivity index (χ0) is 16.9. The number of aromatic nitrogens is 2. The fourth-order valence-electron chi connectivity index (χ4n) is 2.94. The lowest BCUT2D eigenvalue weighted by atomic mass is 10.0. The fourth-order valence-corrected chi connectivity index (χ4v) is 3.59. The van der Waals surface area contributed by atoms with Crippen molar-refractivity contribution in [1.29, 1.82) is 0 Å². The molecule has 1 aromatic carbocycles. The molecule has 0 radical (unpaired) electrons. The molecule has 2 aromatic rings. The van der Waals surface area contributed by atoms with E-state index in [-0.39, 0.29) is 11.7 Å². The minimum atomic E-state index is -0.314.